The van der Waals surface area contributed by atoms with Gasteiger partial charge in [-0.15, -0.1) is 0 Å². The zero-order chi connectivity index (χ0) is 22.6. The molecule has 0 amide bonds. The molecule has 2 rings (SSSR count). The number of allylic oxidation sites excluding steroid dienone is 2. The number of aliphatic hydroxyl groups excluding tert-OH is 3. The molecule has 1 aliphatic carbocycles. The number of aliphatic hydroxyl groups is 3. The topological polar surface area (TPSA) is 87.0 Å². The molecule has 6 heteroatoms. The van der Waals surface area contributed by atoms with Gasteiger partial charge in [0.25, 0.3) is 0 Å². The molecule has 0 unspecified atom stereocenters. The van der Waals surface area contributed by atoms with Gasteiger partial charge in [0.1, 0.15) is 0 Å². The first kappa shape index (κ1) is 28.9. The molecule has 0 heterocycles. The van der Waals surface area contributed by atoms with Crippen LogP contribution >= 0.6 is 0 Å². The Morgan fingerprint density at radius 3 is 2.47 bits per heavy atom. The van der Waals surface area contributed by atoms with Crippen LogP contribution in [0.2, 0.25) is 0 Å². The van der Waals surface area contributed by atoms with Crippen LogP contribution in [0.25, 0.3) is 0 Å². The van der Waals surface area contributed by atoms with Crippen molar-refractivity contribution in [2.24, 2.45) is 11.8 Å². The van der Waals surface area contributed by atoms with Gasteiger partial charge in [-0.3, -0.25) is 4.79 Å². The first-order valence-corrected chi connectivity index (χ1v) is 11.8. The van der Waals surface area contributed by atoms with E-state index in [1.165, 1.54) is 5.56 Å². The Hall–Kier alpha value is -1.09. The van der Waals surface area contributed by atoms with Gasteiger partial charge in [-0.1, -0.05) is 42.5 Å². The van der Waals surface area contributed by atoms with E-state index in [-0.39, 0.29) is 42.8 Å². The van der Waals surface area contributed by atoms with Gasteiger partial charge < -0.3 is 20.1 Å². The summed E-state index contributed by atoms with van der Waals surface area (Å²) >= 11 is 0. The average Bonchev–Trinajstić information content (AvgIpc) is 3.00. The number of aryl methyl sites for hydroxylation is 1. The maximum atomic E-state index is 11.5. The van der Waals surface area contributed by atoms with Crippen LogP contribution in [-0.4, -0.2) is 64.6 Å². The molecule has 32 heavy (non-hydrogen) atoms. The summed E-state index contributed by atoms with van der Waals surface area (Å²) in [6, 6.07) is 10.1. The number of carbonyl (C=O) groups is 1. The van der Waals surface area contributed by atoms with E-state index in [4.69, 9.17) is 4.74 Å². The Balaban J connectivity index is 0.00000512. The molecular formula is C26H41LiO5. The molecule has 0 aliphatic heterocycles. The van der Waals surface area contributed by atoms with Crippen molar-refractivity contribution in [3.05, 3.63) is 48.0 Å². The minimum absolute atomic E-state index is 0. The van der Waals surface area contributed by atoms with E-state index >= 15 is 0 Å². The Morgan fingerprint density at radius 2 is 1.78 bits per heavy atom. The quantitative estimate of drug-likeness (QED) is 0.189. The van der Waals surface area contributed by atoms with Crippen LogP contribution in [0.15, 0.2) is 42.5 Å². The van der Waals surface area contributed by atoms with Gasteiger partial charge >= 0.3 is 24.8 Å². The molecule has 0 spiro atoms. The Labute approximate surface area is 205 Å². The first-order valence-electron chi connectivity index (χ1n) is 11.8. The van der Waals surface area contributed by atoms with Crippen LogP contribution in [0.5, 0.6) is 0 Å². The second kappa shape index (κ2) is 15.7. The number of hydrogen-bond acceptors (Lipinski definition) is 5. The van der Waals surface area contributed by atoms with Gasteiger partial charge in [-0.25, -0.2) is 0 Å². The first-order chi connectivity index (χ1) is 14.9. The van der Waals surface area contributed by atoms with E-state index < -0.39 is 18.3 Å². The fourth-order valence-corrected chi connectivity index (χ4v) is 4.47. The second-order valence-electron chi connectivity index (χ2n) is 9.09. The molecule has 3 N–H and O–H groups in total. The third kappa shape index (κ3) is 10.7. The minimum atomic E-state index is -0.513. The van der Waals surface area contributed by atoms with Gasteiger partial charge in [-0.05, 0) is 82.6 Å². The van der Waals surface area contributed by atoms with Crippen LogP contribution in [0.4, 0.5) is 0 Å². The van der Waals surface area contributed by atoms with Crippen LogP contribution < -0.4 is 0 Å². The van der Waals surface area contributed by atoms with Crippen molar-refractivity contribution < 1.29 is 24.9 Å². The Kier molecular flexibility index (Phi) is 14.2. The van der Waals surface area contributed by atoms with E-state index in [2.05, 4.69) is 18.2 Å². The Bertz CT molecular complexity index is 663. The van der Waals surface area contributed by atoms with E-state index in [0.717, 1.165) is 19.3 Å². The van der Waals surface area contributed by atoms with Gasteiger partial charge in [-0.2, -0.15) is 0 Å². The summed E-state index contributed by atoms with van der Waals surface area (Å²) in [5.74, 6) is -0.144. The zero-order valence-corrected chi connectivity index (χ0v) is 19.0. The summed E-state index contributed by atoms with van der Waals surface area (Å²) in [6.07, 6.45) is 8.58. The predicted octanol–water partition coefficient (Wildman–Crippen LogP) is 3.54. The molecule has 0 bridgehead atoms. The fraction of sp³-hybridized carbons (Fsp3) is 0.654. The number of rotatable bonds is 13. The fourth-order valence-electron chi connectivity index (χ4n) is 4.47. The van der Waals surface area contributed by atoms with Crippen LogP contribution in [0.1, 0.15) is 70.8 Å². The summed E-state index contributed by atoms with van der Waals surface area (Å²) in [7, 11) is 0. The summed E-state index contributed by atoms with van der Waals surface area (Å²) < 4.78 is 5.12. The number of carbonyl (C=O) groups excluding carboxylic acids is 1. The molecule has 1 aliphatic rings. The van der Waals surface area contributed by atoms with E-state index in [0.29, 0.717) is 38.5 Å². The summed E-state index contributed by atoms with van der Waals surface area (Å²) in [6.45, 7) is 3.69. The van der Waals surface area contributed by atoms with Crippen molar-refractivity contribution in [1.82, 2.24) is 0 Å². The average molecular weight is 441 g/mol. The Morgan fingerprint density at radius 1 is 1.09 bits per heavy atom. The summed E-state index contributed by atoms with van der Waals surface area (Å²) in [5.41, 5.74) is 1.22. The molecule has 1 aromatic rings. The van der Waals surface area contributed by atoms with Gasteiger partial charge in [0.05, 0.1) is 24.4 Å². The van der Waals surface area contributed by atoms with Crippen LogP contribution in [0.3, 0.4) is 0 Å². The van der Waals surface area contributed by atoms with Crippen molar-refractivity contribution in [2.45, 2.75) is 96.1 Å². The molecular weight excluding hydrogens is 399 g/mol. The number of benzene rings is 1. The third-order valence-corrected chi connectivity index (χ3v) is 6.16. The predicted molar refractivity (Wildman–Crippen MR) is 130 cm³/mol. The molecule has 0 radical (unpaired) electrons. The molecule has 1 saturated carbocycles. The molecule has 176 valence electrons. The van der Waals surface area contributed by atoms with Crippen molar-refractivity contribution in [1.29, 1.82) is 0 Å². The summed E-state index contributed by atoms with van der Waals surface area (Å²) in [5, 5.41) is 31.2. The van der Waals surface area contributed by atoms with Crippen molar-refractivity contribution in [2.75, 3.05) is 0 Å². The number of unbranched alkanes of at least 4 members (excludes halogenated alkanes) is 1. The molecule has 5 nitrogen and oxygen atoms in total. The molecule has 5 atom stereocenters. The van der Waals surface area contributed by atoms with Crippen LogP contribution in [0, 0.1) is 11.8 Å². The zero-order valence-electron chi connectivity index (χ0n) is 19.0. The number of hydrogen-bond donors (Lipinski definition) is 3. The van der Waals surface area contributed by atoms with Crippen molar-refractivity contribution >= 4 is 24.8 Å². The van der Waals surface area contributed by atoms with Gasteiger partial charge in [0.2, 0.25) is 0 Å². The van der Waals surface area contributed by atoms with E-state index in [1.807, 2.05) is 38.1 Å². The standard InChI is InChI=1S/C26H40O5.Li.H/c1-19(2)31-26(30)13-9-4-3-8-12-22-23(25(29)18-24(22)28)17-16-21(27)15-14-20-10-6-5-7-11-20;;/h3,5-8,10-11,19,21-25,27-29H,4,9,12-18H2,1-2H3;;/b8-3-;;/t21-,22+,23+,24-,25+;;/m0../s1. The van der Waals surface area contributed by atoms with Gasteiger partial charge in [0.15, 0.2) is 0 Å². The van der Waals surface area contributed by atoms with E-state index in [9.17, 15) is 20.1 Å². The second-order valence-corrected chi connectivity index (χ2v) is 9.09. The maximum absolute atomic E-state index is 11.5. The van der Waals surface area contributed by atoms with Crippen molar-refractivity contribution in [3.63, 3.8) is 0 Å². The van der Waals surface area contributed by atoms with Crippen LogP contribution in [-0.2, 0) is 16.0 Å². The van der Waals surface area contributed by atoms with E-state index in [1.54, 1.807) is 0 Å². The molecule has 0 saturated heterocycles. The normalized spacial score (nSPS) is 23.9. The molecule has 1 fully saturated rings. The molecule has 0 aromatic heterocycles. The summed E-state index contributed by atoms with van der Waals surface area (Å²) in [4.78, 5) is 11.5. The number of esters is 1. The third-order valence-electron chi connectivity index (χ3n) is 6.16. The SMILES string of the molecule is CC(C)OC(=O)CCC/C=C\C[C@@H]1[C@@H](CC[C@@H](O)CCc2ccccc2)[C@H](O)C[C@@H]1O.[LiH]. The molecule has 1 aromatic carbocycles. The number of ether oxygens (including phenoxy) is 1. The van der Waals surface area contributed by atoms with Crippen molar-refractivity contribution in [3.8, 4) is 0 Å². The van der Waals surface area contributed by atoms with Gasteiger partial charge in [0, 0.05) is 6.42 Å². The monoisotopic (exact) mass is 440 g/mol.